The Balaban J connectivity index is 2.06. The van der Waals surface area contributed by atoms with Gasteiger partial charge < -0.3 is 9.64 Å². The minimum Gasteiger partial charge on any atom is -0.445 e. The van der Waals surface area contributed by atoms with Crippen LogP contribution in [0.25, 0.3) is 0 Å². The molecule has 0 bridgehead atoms. The number of amides is 1. The average Bonchev–Trinajstić information content (AvgIpc) is 2.82. The highest BCUT2D eigenvalue weighted by atomic mass is 32.2. The standard InChI is InChI=1S/C13H23N3O4S2/c1-3-7-20-13(17)16-10-12(21)8-11(16)9-15-6-4-5-14(2)22(15,18)19/h3,11-12,21H,1,4-10H2,2H3/t11-,12-/m0/s1. The molecule has 0 aromatic rings. The van der Waals surface area contributed by atoms with Gasteiger partial charge >= 0.3 is 6.09 Å². The molecule has 2 aliphatic rings. The van der Waals surface area contributed by atoms with Gasteiger partial charge in [0.15, 0.2) is 0 Å². The van der Waals surface area contributed by atoms with Crippen LogP contribution in [0.5, 0.6) is 0 Å². The topological polar surface area (TPSA) is 70.2 Å². The number of thiol groups is 1. The van der Waals surface area contributed by atoms with Crippen LogP contribution in [0.1, 0.15) is 12.8 Å². The predicted octanol–water partition coefficient (Wildman–Crippen LogP) is 0.564. The van der Waals surface area contributed by atoms with Crippen LogP contribution >= 0.6 is 12.6 Å². The molecule has 0 N–H and O–H groups in total. The van der Waals surface area contributed by atoms with Crippen LogP contribution in [0.3, 0.4) is 0 Å². The fourth-order valence-corrected chi connectivity index (χ4v) is 4.71. The molecule has 2 rings (SSSR count). The van der Waals surface area contributed by atoms with Crippen molar-refractivity contribution in [2.45, 2.75) is 24.1 Å². The first-order chi connectivity index (χ1) is 10.4. The van der Waals surface area contributed by atoms with Crippen molar-refractivity contribution in [3.63, 3.8) is 0 Å². The van der Waals surface area contributed by atoms with Crippen LogP contribution < -0.4 is 0 Å². The quantitative estimate of drug-likeness (QED) is 0.595. The van der Waals surface area contributed by atoms with E-state index in [4.69, 9.17) is 4.74 Å². The summed E-state index contributed by atoms with van der Waals surface area (Å²) in [5, 5.41) is 0.0338. The number of likely N-dealkylation sites (tertiary alicyclic amines) is 1. The predicted molar refractivity (Wildman–Crippen MR) is 87.2 cm³/mol. The molecule has 2 aliphatic heterocycles. The molecule has 0 unspecified atom stereocenters. The molecule has 0 aromatic heterocycles. The van der Waals surface area contributed by atoms with E-state index >= 15 is 0 Å². The van der Waals surface area contributed by atoms with Gasteiger partial charge in [-0.2, -0.15) is 29.7 Å². The Hall–Kier alpha value is -0.770. The van der Waals surface area contributed by atoms with E-state index in [-0.39, 0.29) is 24.4 Å². The van der Waals surface area contributed by atoms with Crippen molar-refractivity contribution in [3.05, 3.63) is 12.7 Å². The van der Waals surface area contributed by atoms with Crippen molar-refractivity contribution in [2.24, 2.45) is 0 Å². The first kappa shape index (κ1) is 17.6. The molecular formula is C13H23N3O4S2. The highest BCUT2D eigenvalue weighted by Crippen LogP contribution is 2.25. The lowest BCUT2D eigenvalue weighted by Gasteiger charge is -2.35. The lowest BCUT2D eigenvalue weighted by Crippen LogP contribution is -2.52. The molecule has 0 radical (unpaired) electrons. The largest absolute Gasteiger partial charge is 0.445 e. The van der Waals surface area contributed by atoms with Gasteiger partial charge in [-0.05, 0) is 12.8 Å². The van der Waals surface area contributed by atoms with Gasteiger partial charge in [-0.25, -0.2) is 4.79 Å². The number of nitrogens with zero attached hydrogens (tertiary/aromatic N) is 3. The summed E-state index contributed by atoms with van der Waals surface area (Å²) in [6, 6.07) is -0.207. The van der Waals surface area contributed by atoms with Crippen molar-refractivity contribution in [3.8, 4) is 0 Å². The van der Waals surface area contributed by atoms with Crippen molar-refractivity contribution < 1.29 is 17.9 Å². The van der Waals surface area contributed by atoms with Crippen molar-refractivity contribution in [1.29, 1.82) is 0 Å². The first-order valence-corrected chi connectivity index (χ1v) is 9.21. The monoisotopic (exact) mass is 349 g/mol. The van der Waals surface area contributed by atoms with Crippen LogP contribution in [0.15, 0.2) is 12.7 Å². The molecule has 126 valence electrons. The van der Waals surface area contributed by atoms with E-state index in [1.54, 1.807) is 11.9 Å². The van der Waals surface area contributed by atoms with Crippen LogP contribution in [-0.2, 0) is 14.9 Å². The van der Waals surface area contributed by atoms with E-state index in [1.807, 2.05) is 0 Å². The second-order valence-corrected chi connectivity index (χ2v) is 8.37. The zero-order chi connectivity index (χ0) is 16.3. The summed E-state index contributed by atoms with van der Waals surface area (Å²) < 4.78 is 32.5. The van der Waals surface area contributed by atoms with Gasteiger partial charge in [-0.1, -0.05) is 12.7 Å². The lowest BCUT2D eigenvalue weighted by atomic mass is 10.2. The Morgan fingerprint density at radius 3 is 2.86 bits per heavy atom. The maximum atomic E-state index is 12.3. The summed E-state index contributed by atoms with van der Waals surface area (Å²) in [7, 11) is -1.85. The average molecular weight is 349 g/mol. The molecule has 22 heavy (non-hydrogen) atoms. The zero-order valence-corrected chi connectivity index (χ0v) is 14.4. The number of rotatable bonds is 4. The van der Waals surface area contributed by atoms with Crippen molar-refractivity contribution in [2.75, 3.05) is 39.8 Å². The van der Waals surface area contributed by atoms with Gasteiger partial charge in [-0.15, -0.1) is 0 Å². The molecule has 0 aromatic carbocycles. The molecular weight excluding hydrogens is 326 g/mol. The number of ether oxygens (including phenoxy) is 1. The van der Waals surface area contributed by atoms with Crippen LogP contribution in [0.4, 0.5) is 4.79 Å². The highest BCUT2D eigenvalue weighted by Gasteiger charge is 2.39. The Morgan fingerprint density at radius 1 is 1.45 bits per heavy atom. The minimum absolute atomic E-state index is 0.0338. The van der Waals surface area contributed by atoms with Crippen LogP contribution in [0, 0.1) is 0 Å². The Bertz CT molecular complexity index is 525. The second kappa shape index (κ2) is 7.20. The normalized spacial score (nSPS) is 29.5. The third kappa shape index (κ3) is 3.76. The second-order valence-electron chi connectivity index (χ2n) is 5.60. The van der Waals surface area contributed by atoms with E-state index in [2.05, 4.69) is 19.2 Å². The zero-order valence-electron chi connectivity index (χ0n) is 12.7. The number of hydrogen-bond donors (Lipinski definition) is 1. The minimum atomic E-state index is -3.43. The Labute approximate surface area is 137 Å². The molecule has 2 saturated heterocycles. The van der Waals surface area contributed by atoms with Gasteiger partial charge in [0.05, 0.1) is 6.04 Å². The number of carbonyl (C=O) groups is 1. The molecule has 0 spiro atoms. The maximum absolute atomic E-state index is 12.3. The van der Waals surface area contributed by atoms with Gasteiger partial charge in [0.2, 0.25) is 0 Å². The highest BCUT2D eigenvalue weighted by molar-refractivity contribution is 7.86. The lowest BCUT2D eigenvalue weighted by molar-refractivity contribution is 0.103. The fourth-order valence-electron chi connectivity index (χ4n) is 2.82. The third-order valence-electron chi connectivity index (χ3n) is 3.97. The van der Waals surface area contributed by atoms with Gasteiger partial charge in [0.1, 0.15) is 6.61 Å². The summed E-state index contributed by atoms with van der Waals surface area (Å²) in [5.74, 6) is 0. The molecule has 9 heteroatoms. The van der Waals surface area contributed by atoms with Gasteiger partial charge in [-0.3, -0.25) is 0 Å². The van der Waals surface area contributed by atoms with Crippen molar-refractivity contribution >= 4 is 28.9 Å². The molecule has 0 saturated carbocycles. The SMILES string of the molecule is C=CCOC(=O)N1C[C@@H](S)C[C@H]1CN1CCCN(C)S1(=O)=O. The van der Waals surface area contributed by atoms with E-state index in [0.29, 0.717) is 26.1 Å². The summed E-state index contributed by atoms with van der Waals surface area (Å²) in [6.07, 6.45) is 2.50. The van der Waals surface area contributed by atoms with Crippen molar-refractivity contribution in [1.82, 2.24) is 13.5 Å². The van der Waals surface area contributed by atoms with Gasteiger partial charge in [0, 0.05) is 38.5 Å². The molecule has 1 amide bonds. The van der Waals surface area contributed by atoms with Crippen LogP contribution in [-0.4, -0.2) is 79.1 Å². The summed E-state index contributed by atoms with van der Waals surface area (Å²) in [4.78, 5) is 13.6. The van der Waals surface area contributed by atoms with E-state index in [9.17, 15) is 13.2 Å². The molecule has 2 fully saturated rings. The summed E-state index contributed by atoms with van der Waals surface area (Å²) in [6.45, 7) is 5.42. The van der Waals surface area contributed by atoms with E-state index in [1.165, 1.54) is 14.7 Å². The smallest absolute Gasteiger partial charge is 0.410 e. The third-order valence-corrected chi connectivity index (χ3v) is 6.30. The molecule has 0 aliphatic carbocycles. The Kier molecular flexibility index (Phi) is 5.76. The fraction of sp³-hybridized carbons (Fsp3) is 0.769. The Morgan fingerprint density at radius 2 is 2.18 bits per heavy atom. The molecule has 2 atom stereocenters. The number of hydrogen-bond acceptors (Lipinski definition) is 5. The molecule has 2 heterocycles. The maximum Gasteiger partial charge on any atom is 0.410 e. The number of carbonyl (C=O) groups excluding carboxylic acids is 1. The van der Waals surface area contributed by atoms with E-state index < -0.39 is 16.3 Å². The first-order valence-electron chi connectivity index (χ1n) is 7.30. The summed E-state index contributed by atoms with van der Waals surface area (Å²) in [5.41, 5.74) is 0. The van der Waals surface area contributed by atoms with E-state index in [0.717, 1.165) is 6.42 Å². The van der Waals surface area contributed by atoms with Gasteiger partial charge in [0.25, 0.3) is 10.2 Å². The van der Waals surface area contributed by atoms with Crippen LogP contribution in [0.2, 0.25) is 0 Å². The summed E-state index contributed by atoms with van der Waals surface area (Å²) >= 11 is 4.43. The molecule has 7 nitrogen and oxygen atoms in total.